The first-order valence-electron chi connectivity index (χ1n) is 9.75. The van der Waals surface area contributed by atoms with Gasteiger partial charge in [-0.25, -0.2) is 9.37 Å². The number of amides is 1. The van der Waals surface area contributed by atoms with E-state index in [1.807, 2.05) is 18.2 Å². The lowest BCUT2D eigenvalue weighted by Crippen LogP contribution is -2.29. The van der Waals surface area contributed by atoms with Gasteiger partial charge in [0.15, 0.2) is 16.6 Å². The lowest BCUT2D eigenvalue weighted by atomic mass is 10.2. The Balaban J connectivity index is 1.66. The van der Waals surface area contributed by atoms with Gasteiger partial charge in [0, 0.05) is 12.3 Å². The summed E-state index contributed by atoms with van der Waals surface area (Å²) < 4.78 is 25.4. The molecular formula is C24H20FN3O3S. The number of benzene rings is 2. The summed E-state index contributed by atoms with van der Waals surface area (Å²) in [4.78, 5) is 23.4. The number of pyridine rings is 1. The summed E-state index contributed by atoms with van der Waals surface area (Å²) in [5.41, 5.74) is 1.71. The zero-order valence-electron chi connectivity index (χ0n) is 17.5. The van der Waals surface area contributed by atoms with Crippen LogP contribution in [0, 0.1) is 5.82 Å². The van der Waals surface area contributed by atoms with E-state index in [2.05, 4.69) is 9.97 Å². The fourth-order valence-electron chi connectivity index (χ4n) is 3.13. The number of methoxy groups -OCH3 is 2. The molecule has 2 heterocycles. The molecule has 162 valence electrons. The fourth-order valence-corrected chi connectivity index (χ4v) is 4.11. The standard InChI is InChI=1S/C24H20FN3O3S/c1-30-19-11-9-16(14-20(19)31-2)10-12-22(29)28(15-17-6-3-4-13-26-17)24-27-23-18(25)7-5-8-21(23)32-24/h3-14H,15H2,1-2H3/b12-10+. The van der Waals surface area contributed by atoms with E-state index in [4.69, 9.17) is 9.47 Å². The van der Waals surface area contributed by atoms with Crippen LogP contribution in [0.1, 0.15) is 11.3 Å². The van der Waals surface area contributed by atoms with Gasteiger partial charge in [-0.15, -0.1) is 0 Å². The molecule has 4 rings (SSSR count). The molecule has 0 saturated heterocycles. The third-order valence-corrected chi connectivity index (χ3v) is 5.77. The molecule has 32 heavy (non-hydrogen) atoms. The van der Waals surface area contributed by atoms with Crippen LogP contribution in [-0.2, 0) is 11.3 Å². The number of anilines is 1. The van der Waals surface area contributed by atoms with Gasteiger partial charge in [0.1, 0.15) is 11.3 Å². The molecule has 2 aromatic carbocycles. The van der Waals surface area contributed by atoms with Crippen LogP contribution in [-0.4, -0.2) is 30.1 Å². The predicted octanol–water partition coefficient (Wildman–Crippen LogP) is 5.09. The Kier molecular flexibility index (Phi) is 6.42. The molecule has 0 spiro atoms. The Labute approximate surface area is 188 Å². The van der Waals surface area contributed by atoms with Gasteiger partial charge in [0.25, 0.3) is 5.91 Å². The van der Waals surface area contributed by atoms with Crippen molar-refractivity contribution in [2.45, 2.75) is 6.54 Å². The molecule has 0 saturated carbocycles. The van der Waals surface area contributed by atoms with Crippen molar-refractivity contribution in [2.24, 2.45) is 0 Å². The molecule has 0 radical (unpaired) electrons. The van der Waals surface area contributed by atoms with Crippen LogP contribution in [0.2, 0.25) is 0 Å². The topological polar surface area (TPSA) is 64.5 Å². The number of rotatable bonds is 7. The van der Waals surface area contributed by atoms with Crippen LogP contribution in [0.15, 0.2) is 66.9 Å². The van der Waals surface area contributed by atoms with Crippen LogP contribution in [0.3, 0.4) is 0 Å². The Morgan fingerprint density at radius 1 is 1.09 bits per heavy atom. The number of hydrogen-bond acceptors (Lipinski definition) is 6. The maximum absolute atomic E-state index is 14.2. The average molecular weight is 450 g/mol. The highest BCUT2D eigenvalue weighted by molar-refractivity contribution is 7.22. The van der Waals surface area contributed by atoms with E-state index in [1.54, 1.807) is 56.8 Å². The summed E-state index contributed by atoms with van der Waals surface area (Å²) in [5, 5.41) is 0.401. The van der Waals surface area contributed by atoms with E-state index < -0.39 is 5.82 Å². The first-order chi connectivity index (χ1) is 15.6. The summed E-state index contributed by atoms with van der Waals surface area (Å²) in [6.07, 6.45) is 4.80. The Bertz CT molecular complexity index is 1270. The third kappa shape index (κ3) is 4.60. The molecule has 0 bridgehead atoms. The van der Waals surface area contributed by atoms with Crippen LogP contribution in [0.25, 0.3) is 16.3 Å². The van der Waals surface area contributed by atoms with Crippen LogP contribution < -0.4 is 14.4 Å². The summed E-state index contributed by atoms with van der Waals surface area (Å²) in [6.45, 7) is 0.206. The highest BCUT2D eigenvalue weighted by Gasteiger charge is 2.20. The van der Waals surface area contributed by atoms with Crippen LogP contribution in [0.4, 0.5) is 9.52 Å². The number of thiazole rings is 1. The average Bonchev–Trinajstić information content (AvgIpc) is 3.27. The van der Waals surface area contributed by atoms with E-state index in [9.17, 15) is 9.18 Å². The molecular weight excluding hydrogens is 429 g/mol. The number of ether oxygens (including phenoxy) is 2. The van der Waals surface area contributed by atoms with Crippen molar-refractivity contribution in [1.29, 1.82) is 0 Å². The number of halogens is 1. The zero-order chi connectivity index (χ0) is 22.5. The molecule has 4 aromatic rings. The molecule has 0 aliphatic carbocycles. The van der Waals surface area contributed by atoms with E-state index in [-0.39, 0.29) is 18.0 Å². The fraction of sp³-hybridized carbons (Fsp3) is 0.125. The van der Waals surface area contributed by atoms with Crippen molar-refractivity contribution in [3.05, 3.63) is 83.9 Å². The summed E-state index contributed by atoms with van der Waals surface area (Å²) >= 11 is 1.26. The van der Waals surface area contributed by atoms with Gasteiger partial charge in [-0.3, -0.25) is 14.7 Å². The minimum Gasteiger partial charge on any atom is -0.493 e. The Morgan fingerprint density at radius 2 is 1.94 bits per heavy atom. The van der Waals surface area contributed by atoms with Crippen LogP contribution >= 0.6 is 11.3 Å². The van der Waals surface area contributed by atoms with Crippen molar-refractivity contribution in [3.8, 4) is 11.5 Å². The second-order valence-corrected chi connectivity index (χ2v) is 7.79. The summed E-state index contributed by atoms with van der Waals surface area (Å²) in [7, 11) is 3.12. The molecule has 0 unspecified atom stereocenters. The first-order valence-corrected chi connectivity index (χ1v) is 10.6. The number of para-hydroxylation sites is 1. The Hall–Kier alpha value is -3.78. The second kappa shape index (κ2) is 9.57. The van der Waals surface area contributed by atoms with Crippen molar-refractivity contribution in [2.75, 3.05) is 19.1 Å². The first kappa shape index (κ1) is 21.5. The zero-order valence-corrected chi connectivity index (χ0v) is 18.3. The number of aromatic nitrogens is 2. The van der Waals surface area contributed by atoms with E-state index in [0.717, 1.165) is 5.56 Å². The highest BCUT2D eigenvalue weighted by atomic mass is 32.1. The van der Waals surface area contributed by atoms with Crippen molar-refractivity contribution in [3.63, 3.8) is 0 Å². The monoisotopic (exact) mass is 449 g/mol. The van der Waals surface area contributed by atoms with Crippen molar-refractivity contribution >= 4 is 38.7 Å². The van der Waals surface area contributed by atoms with Gasteiger partial charge in [-0.2, -0.15) is 0 Å². The van der Waals surface area contributed by atoms with E-state index >= 15 is 0 Å². The predicted molar refractivity (Wildman–Crippen MR) is 124 cm³/mol. The van der Waals surface area contributed by atoms with Crippen molar-refractivity contribution < 1.29 is 18.7 Å². The van der Waals surface area contributed by atoms with E-state index in [1.165, 1.54) is 28.4 Å². The molecule has 0 N–H and O–H groups in total. The number of hydrogen-bond donors (Lipinski definition) is 0. The lowest BCUT2D eigenvalue weighted by Gasteiger charge is -2.17. The van der Waals surface area contributed by atoms with Gasteiger partial charge in [0.2, 0.25) is 0 Å². The van der Waals surface area contributed by atoms with Crippen molar-refractivity contribution in [1.82, 2.24) is 9.97 Å². The second-order valence-electron chi connectivity index (χ2n) is 6.78. The van der Waals surface area contributed by atoms with Gasteiger partial charge >= 0.3 is 0 Å². The molecule has 0 atom stereocenters. The minimum atomic E-state index is -0.420. The molecule has 6 nitrogen and oxygen atoms in total. The normalized spacial score (nSPS) is 11.1. The molecule has 2 aromatic heterocycles. The highest BCUT2D eigenvalue weighted by Crippen LogP contribution is 2.32. The summed E-state index contributed by atoms with van der Waals surface area (Å²) in [5.74, 6) is 0.444. The maximum Gasteiger partial charge on any atom is 0.253 e. The number of fused-ring (bicyclic) bond motifs is 1. The Morgan fingerprint density at radius 3 is 2.66 bits per heavy atom. The third-order valence-electron chi connectivity index (χ3n) is 4.73. The van der Waals surface area contributed by atoms with E-state index in [0.29, 0.717) is 27.0 Å². The summed E-state index contributed by atoms with van der Waals surface area (Å²) in [6, 6.07) is 15.6. The molecule has 0 fully saturated rings. The molecule has 1 amide bonds. The lowest BCUT2D eigenvalue weighted by molar-refractivity contribution is -0.114. The van der Waals surface area contributed by atoms with Gasteiger partial charge < -0.3 is 9.47 Å². The van der Waals surface area contributed by atoms with Gasteiger partial charge in [-0.1, -0.05) is 29.5 Å². The van der Waals surface area contributed by atoms with Gasteiger partial charge in [-0.05, 0) is 48.0 Å². The largest absolute Gasteiger partial charge is 0.493 e. The SMILES string of the molecule is COc1ccc(/C=C/C(=O)N(Cc2ccccn2)c2nc3c(F)cccc3s2)cc1OC. The molecule has 0 aliphatic heterocycles. The number of carbonyl (C=O) groups is 1. The number of nitrogens with zero attached hydrogens (tertiary/aromatic N) is 3. The van der Waals surface area contributed by atoms with Gasteiger partial charge in [0.05, 0.1) is 31.2 Å². The smallest absolute Gasteiger partial charge is 0.253 e. The molecule has 8 heteroatoms. The maximum atomic E-state index is 14.2. The van der Waals surface area contributed by atoms with Crippen LogP contribution in [0.5, 0.6) is 11.5 Å². The quantitative estimate of drug-likeness (QED) is 0.368. The number of carbonyl (C=O) groups excluding carboxylic acids is 1. The minimum absolute atomic E-state index is 0.206. The molecule has 0 aliphatic rings.